The number of pyridine rings is 1. The van der Waals surface area contributed by atoms with Gasteiger partial charge in [-0.2, -0.15) is 0 Å². The molecule has 1 amide bonds. The van der Waals surface area contributed by atoms with E-state index in [-0.39, 0.29) is 18.1 Å². The van der Waals surface area contributed by atoms with Crippen molar-refractivity contribution in [3.05, 3.63) is 63.1 Å². The molecule has 148 valence electrons. The average molecular weight is 454 g/mol. The fourth-order valence-electron chi connectivity index (χ4n) is 4.23. The van der Waals surface area contributed by atoms with Crippen molar-refractivity contribution in [2.45, 2.75) is 25.7 Å². The van der Waals surface area contributed by atoms with Crippen LogP contribution in [-0.2, 0) is 11.3 Å². The fourth-order valence-corrected chi connectivity index (χ4v) is 4.57. The zero-order valence-corrected chi connectivity index (χ0v) is 17.7. The van der Waals surface area contributed by atoms with Crippen LogP contribution in [0.3, 0.4) is 0 Å². The van der Waals surface area contributed by atoms with E-state index < -0.39 is 0 Å². The Bertz CT molecular complexity index is 1160. The second kappa shape index (κ2) is 6.71. The summed E-state index contributed by atoms with van der Waals surface area (Å²) >= 11 is 3.46. The van der Waals surface area contributed by atoms with E-state index in [1.165, 1.54) is 0 Å². The molecule has 2 atom stereocenters. The summed E-state index contributed by atoms with van der Waals surface area (Å²) in [6, 6.07) is 11.3. The Balaban J connectivity index is 1.51. The highest BCUT2D eigenvalue weighted by Gasteiger charge is 2.31. The molecule has 6 nitrogen and oxygen atoms in total. The van der Waals surface area contributed by atoms with Gasteiger partial charge in [0.15, 0.2) is 0 Å². The van der Waals surface area contributed by atoms with Gasteiger partial charge in [0, 0.05) is 33.6 Å². The van der Waals surface area contributed by atoms with Gasteiger partial charge in [0.1, 0.15) is 18.2 Å². The van der Waals surface area contributed by atoms with Crippen LogP contribution in [0.4, 0.5) is 5.82 Å². The molecule has 3 heterocycles. The molecule has 5 rings (SSSR count). The van der Waals surface area contributed by atoms with E-state index in [0.29, 0.717) is 24.6 Å². The Kier molecular flexibility index (Phi) is 4.26. The molecule has 0 fully saturated rings. The monoisotopic (exact) mass is 453 g/mol. The molecule has 29 heavy (non-hydrogen) atoms. The van der Waals surface area contributed by atoms with Crippen LogP contribution in [0.2, 0.25) is 0 Å². The molecule has 0 unspecified atom stereocenters. The smallest absolute Gasteiger partial charge is 0.254 e. The number of amides is 1. The summed E-state index contributed by atoms with van der Waals surface area (Å²) in [6.45, 7) is 2.89. The first-order valence-corrected chi connectivity index (χ1v) is 10.3. The maximum absolute atomic E-state index is 13.3. The molecular weight excluding hydrogens is 434 g/mol. The molecule has 0 radical (unpaired) electrons. The van der Waals surface area contributed by atoms with Crippen molar-refractivity contribution >= 4 is 38.6 Å². The van der Waals surface area contributed by atoms with E-state index in [9.17, 15) is 4.79 Å². The fraction of sp³-hybridized carbons (Fsp3) is 0.273. The van der Waals surface area contributed by atoms with Crippen LogP contribution in [0, 0.1) is 0 Å². The molecule has 3 aromatic rings. The second-order valence-electron chi connectivity index (χ2n) is 7.50. The minimum atomic E-state index is -0.125. The zero-order chi connectivity index (χ0) is 20.3. The topological polar surface area (TPSA) is 77.7 Å². The Hall–Kier alpha value is -2.64. The Morgan fingerprint density at radius 1 is 1.28 bits per heavy atom. The van der Waals surface area contributed by atoms with E-state index >= 15 is 0 Å². The third-order valence-electron chi connectivity index (χ3n) is 5.81. The lowest BCUT2D eigenvalue weighted by Gasteiger charge is -2.24. The van der Waals surface area contributed by atoms with Gasteiger partial charge in [0.2, 0.25) is 0 Å². The zero-order valence-electron chi connectivity index (χ0n) is 16.1. The molecule has 2 N–H and O–H groups in total. The predicted molar refractivity (Wildman–Crippen MR) is 114 cm³/mol. The van der Waals surface area contributed by atoms with Crippen LogP contribution >= 0.6 is 15.9 Å². The molecule has 2 aliphatic rings. The number of hydrogen-bond acceptors (Lipinski definition) is 5. The van der Waals surface area contributed by atoms with Gasteiger partial charge in [0.25, 0.3) is 5.91 Å². The minimum Gasteiger partial charge on any atom is -0.491 e. The van der Waals surface area contributed by atoms with Gasteiger partial charge in [0.05, 0.1) is 24.3 Å². The number of carbonyl (C=O) groups excluding carboxylic acids is 1. The van der Waals surface area contributed by atoms with Crippen LogP contribution in [-0.4, -0.2) is 29.4 Å². The van der Waals surface area contributed by atoms with Crippen molar-refractivity contribution in [1.29, 1.82) is 0 Å². The van der Waals surface area contributed by atoms with Crippen molar-refractivity contribution in [3.63, 3.8) is 0 Å². The molecule has 1 aromatic heterocycles. The molecule has 0 bridgehead atoms. The SMILES string of the molecule is C[C@H]1OCc2c1c(N)nc1ccc(C(=O)N(C)[C@H]3COc4cc(Br)ccc43)cc21. The van der Waals surface area contributed by atoms with Gasteiger partial charge in [-0.15, -0.1) is 0 Å². The normalized spacial score (nSPS) is 19.7. The maximum atomic E-state index is 13.3. The lowest BCUT2D eigenvalue weighted by Crippen LogP contribution is -2.32. The van der Waals surface area contributed by atoms with Gasteiger partial charge in [-0.25, -0.2) is 4.98 Å². The van der Waals surface area contributed by atoms with E-state index in [1.807, 2.05) is 44.3 Å². The van der Waals surface area contributed by atoms with E-state index in [1.54, 1.807) is 11.0 Å². The molecule has 0 saturated carbocycles. The number of benzene rings is 2. The van der Waals surface area contributed by atoms with Crippen molar-refractivity contribution < 1.29 is 14.3 Å². The van der Waals surface area contributed by atoms with Crippen molar-refractivity contribution in [2.24, 2.45) is 0 Å². The van der Waals surface area contributed by atoms with Crippen LogP contribution in [0.15, 0.2) is 40.9 Å². The average Bonchev–Trinajstić information content (AvgIpc) is 3.30. The van der Waals surface area contributed by atoms with Gasteiger partial charge in [-0.1, -0.05) is 22.0 Å². The van der Waals surface area contributed by atoms with Crippen molar-refractivity contribution in [2.75, 3.05) is 19.4 Å². The Labute approximate surface area is 176 Å². The van der Waals surface area contributed by atoms with Gasteiger partial charge in [-0.3, -0.25) is 4.79 Å². The quantitative estimate of drug-likeness (QED) is 0.622. The van der Waals surface area contributed by atoms with Crippen molar-refractivity contribution in [1.82, 2.24) is 9.88 Å². The summed E-state index contributed by atoms with van der Waals surface area (Å²) in [5, 5.41) is 0.921. The number of hydrogen-bond donors (Lipinski definition) is 1. The number of nitrogen functional groups attached to an aromatic ring is 1. The van der Waals surface area contributed by atoms with Crippen molar-refractivity contribution in [3.8, 4) is 5.75 Å². The van der Waals surface area contributed by atoms with E-state index in [0.717, 1.165) is 37.8 Å². The number of aromatic nitrogens is 1. The van der Waals surface area contributed by atoms with Gasteiger partial charge >= 0.3 is 0 Å². The lowest BCUT2D eigenvalue weighted by atomic mass is 9.99. The molecular formula is C22H20BrN3O3. The lowest BCUT2D eigenvalue weighted by molar-refractivity contribution is 0.0708. The summed E-state index contributed by atoms with van der Waals surface area (Å²) in [5.41, 5.74) is 10.5. The number of likely N-dealkylation sites (N-methyl/N-ethyl adjacent to an activating group) is 1. The third kappa shape index (κ3) is 2.88. The third-order valence-corrected chi connectivity index (χ3v) is 6.31. The Morgan fingerprint density at radius 2 is 2.10 bits per heavy atom. The first kappa shape index (κ1) is 18.4. The number of ether oxygens (including phenoxy) is 2. The summed E-state index contributed by atoms with van der Waals surface area (Å²) in [4.78, 5) is 19.5. The number of anilines is 1. The highest BCUT2D eigenvalue weighted by Crippen LogP contribution is 2.40. The maximum Gasteiger partial charge on any atom is 0.254 e. The summed E-state index contributed by atoms with van der Waals surface area (Å²) < 4.78 is 12.5. The number of nitrogens with zero attached hydrogens (tertiary/aromatic N) is 2. The standard InChI is InChI=1S/C22H20BrN3O3/c1-11-20-16(9-28-11)15-7-12(3-6-17(15)25-21(20)24)22(27)26(2)18-10-29-19-8-13(23)4-5-14(18)19/h3-8,11,18H,9-10H2,1-2H3,(H2,24,25)/t11-,18+/m1/s1. The first-order valence-electron chi connectivity index (χ1n) is 9.47. The minimum absolute atomic E-state index is 0.0613. The predicted octanol–water partition coefficient (Wildman–Crippen LogP) is 4.38. The molecule has 2 aromatic carbocycles. The molecule has 0 spiro atoms. The van der Waals surface area contributed by atoms with E-state index in [4.69, 9.17) is 15.2 Å². The molecule has 7 heteroatoms. The summed E-state index contributed by atoms with van der Waals surface area (Å²) in [5.74, 6) is 1.25. The van der Waals surface area contributed by atoms with Gasteiger partial charge < -0.3 is 20.1 Å². The number of halogens is 1. The van der Waals surface area contributed by atoms with Crippen LogP contribution in [0.5, 0.6) is 5.75 Å². The molecule has 0 saturated heterocycles. The number of carbonyl (C=O) groups is 1. The first-order chi connectivity index (χ1) is 13.9. The second-order valence-corrected chi connectivity index (χ2v) is 8.42. The highest BCUT2D eigenvalue weighted by atomic mass is 79.9. The molecule has 0 aliphatic carbocycles. The molecule has 2 aliphatic heterocycles. The van der Waals surface area contributed by atoms with Crippen LogP contribution < -0.4 is 10.5 Å². The van der Waals surface area contributed by atoms with E-state index in [2.05, 4.69) is 20.9 Å². The van der Waals surface area contributed by atoms with Crippen LogP contribution in [0.1, 0.15) is 46.1 Å². The Morgan fingerprint density at radius 3 is 2.93 bits per heavy atom. The number of rotatable bonds is 2. The summed E-state index contributed by atoms with van der Waals surface area (Å²) in [7, 11) is 1.81. The van der Waals surface area contributed by atoms with Gasteiger partial charge in [-0.05, 0) is 42.8 Å². The largest absolute Gasteiger partial charge is 0.491 e. The van der Waals surface area contributed by atoms with Crippen LogP contribution in [0.25, 0.3) is 10.9 Å². The number of fused-ring (bicyclic) bond motifs is 4. The highest BCUT2D eigenvalue weighted by molar-refractivity contribution is 9.10. The number of nitrogens with two attached hydrogens (primary N) is 1. The summed E-state index contributed by atoms with van der Waals surface area (Å²) in [6.07, 6.45) is -0.0876.